The first-order chi connectivity index (χ1) is 12.2. The topological polar surface area (TPSA) is 58.6 Å². The van der Waals surface area contributed by atoms with Crippen LogP contribution in [-0.4, -0.2) is 17.1 Å². The van der Waals surface area contributed by atoms with Crippen LogP contribution in [0.2, 0.25) is 0 Å². The van der Waals surface area contributed by atoms with E-state index in [2.05, 4.69) is 5.32 Å². The molecule has 2 N–H and O–H groups in total. The fourth-order valence-electron chi connectivity index (χ4n) is 3.13. The molecule has 0 aliphatic heterocycles. The fourth-order valence-corrected chi connectivity index (χ4v) is 3.13. The molecule has 4 heteroatoms. The molecular formula is C21H25NO3. The van der Waals surface area contributed by atoms with Crippen molar-refractivity contribution in [2.24, 2.45) is 0 Å². The molecule has 1 aliphatic rings. The van der Waals surface area contributed by atoms with Crippen LogP contribution >= 0.6 is 0 Å². The molecule has 132 valence electrons. The highest BCUT2D eigenvalue weighted by Gasteiger charge is 2.15. The molecule has 1 amide bonds. The Kier molecular flexibility index (Phi) is 6.20. The normalized spacial score (nSPS) is 15.9. The van der Waals surface area contributed by atoms with E-state index in [0.29, 0.717) is 12.7 Å². The van der Waals surface area contributed by atoms with Gasteiger partial charge in [0.05, 0.1) is 25.2 Å². The molecule has 0 saturated heterocycles. The van der Waals surface area contributed by atoms with E-state index < -0.39 is 6.10 Å². The Balaban J connectivity index is 1.46. The number of aliphatic hydroxyl groups excluding tert-OH is 1. The number of amides is 1. The Morgan fingerprint density at radius 3 is 2.44 bits per heavy atom. The van der Waals surface area contributed by atoms with Gasteiger partial charge in [-0.15, -0.1) is 0 Å². The maximum absolute atomic E-state index is 12.1. The molecule has 0 bridgehead atoms. The van der Waals surface area contributed by atoms with E-state index in [1.54, 1.807) is 0 Å². The summed E-state index contributed by atoms with van der Waals surface area (Å²) in [5.74, 6) is -0.202. The van der Waals surface area contributed by atoms with E-state index in [1.807, 2.05) is 54.6 Å². The van der Waals surface area contributed by atoms with Gasteiger partial charge < -0.3 is 15.2 Å². The van der Waals surface area contributed by atoms with Crippen molar-refractivity contribution >= 4 is 11.6 Å². The third-order valence-electron chi connectivity index (χ3n) is 4.59. The minimum atomic E-state index is -0.791. The summed E-state index contributed by atoms with van der Waals surface area (Å²) in [5.41, 5.74) is 2.58. The second-order valence-electron chi connectivity index (χ2n) is 6.59. The third kappa shape index (κ3) is 5.41. The number of benzene rings is 2. The highest BCUT2D eigenvalue weighted by Crippen LogP contribution is 2.22. The van der Waals surface area contributed by atoms with Crippen molar-refractivity contribution in [3.05, 3.63) is 65.7 Å². The van der Waals surface area contributed by atoms with Crippen LogP contribution < -0.4 is 5.32 Å². The molecular weight excluding hydrogens is 314 g/mol. The number of anilines is 1. The Morgan fingerprint density at radius 2 is 1.76 bits per heavy atom. The largest absolute Gasteiger partial charge is 0.388 e. The zero-order valence-corrected chi connectivity index (χ0v) is 14.4. The van der Waals surface area contributed by atoms with Crippen LogP contribution in [0.25, 0.3) is 0 Å². The van der Waals surface area contributed by atoms with Crippen molar-refractivity contribution in [2.75, 3.05) is 5.32 Å². The fraction of sp³-hybridized carbons (Fsp3) is 0.381. The molecule has 0 heterocycles. The summed E-state index contributed by atoms with van der Waals surface area (Å²) in [5, 5.41) is 12.9. The van der Waals surface area contributed by atoms with E-state index in [9.17, 15) is 9.90 Å². The van der Waals surface area contributed by atoms with Crippen molar-refractivity contribution in [1.29, 1.82) is 0 Å². The van der Waals surface area contributed by atoms with Crippen LogP contribution in [0.3, 0.4) is 0 Å². The number of nitrogens with one attached hydrogen (secondary N) is 1. The molecule has 1 saturated carbocycles. The zero-order chi connectivity index (χ0) is 17.5. The van der Waals surface area contributed by atoms with Crippen LogP contribution in [0.5, 0.6) is 0 Å². The Labute approximate surface area is 148 Å². The van der Waals surface area contributed by atoms with E-state index in [4.69, 9.17) is 4.74 Å². The zero-order valence-electron chi connectivity index (χ0n) is 14.4. The first-order valence-corrected chi connectivity index (χ1v) is 8.94. The van der Waals surface area contributed by atoms with E-state index >= 15 is 0 Å². The summed E-state index contributed by atoms with van der Waals surface area (Å²) >= 11 is 0. The molecule has 25 heavy (non-hydrogen) atoms. The number of hydrogen-bond acceptors (Lipinski definition) is 3. The van der Waals surface area contributed by atoms with Gasteiger partial charge in [-0.3, -0.25) is 4.79 Å². The van der Waals surface area contributed by atoms with E-state index in [-0.39, 0.29) is 12.3 Å². The molecule has 0 aromatic heterocycles. The van der Waals surface area contributed by atoms with Gasteiger partial charge in [-0.2, -0.15) is 0 Å². The van der Waals surface area contributed by atoms with Crippen molar-refractivity contribution < 1.29 is 14.6 Å². The summed E-state index contributed by atoms with van der Waals surface area (Å²) in [7, 11) is 0. The minimum Gasteiger partial charge on any atom is -0.388 e. The number of hydrogen-bond donors (Lipinski definition) is 2. The maximum Gasteiger partial charge on any atom is 0.227 e. The van der Waals surface area contributed by atoms with Crippen LogP contribution in [0.4, 0.5) is 5.69 Å². The number of ether oxygens (including phenoxy) is 1. The lowest BCUT2D eigenvalue weighted by Crippen LogP contribution is -2.15. The maximum atomic E-state index is 12.1. The quantitative estimate of drug-likeness (QED) is 0.794. The van der Waals surface area contributed by atoms with Crippen molar-refractivity contribution in [3.63, 3.8) is 0 Å². The van der Waals surface area contributed by atoms with Gasteiger partial charge in [-0.1, -0.05) is 55.3 Å². The highest BCUT2D eigenvalue weighted by molar-refractivity contribution is 5.91. The van der Waals surface area contributed by atoms with Crippen molar-refractivity contribution in [1.82, 2.24) is 0 Å². The van der Waals surface area contributed by atoms with Crippen LogP contribution in [0, 0.1) is 0 Å². The Morgan fingerprint density at radius 1 is 1.08 bits per heavy atom. The molecule has 2 aromatic carbocycles. The van der Waals surface area contributed by atoms with Gasteiger partial charge in [0.1, 0.15) is 0 Å². The molecule has 3 rings (SSSR count). The van der Waals surface area contributed by atoms with Gasteiger partial charge in [-0.25, -0.2) is 0 Å². The molecule has 1 aliphatic carbocycles. The standard InChI is InChI=1S/C21H25NO3/c23-20(17-6-2-1-3-7-17)14-21(24)22-18-12-10-16(11-13-18)15-25-19-8-4-5-9-19/h1-3,6-7,10-13,19-20,23H,4-5,8-9,14-15H2,(H,22,24). The summed E-state index contributed by atoms with van der Waals surface area (Å²) in [4.78, 5) is 12.1. The third-order valence-corrected chi connectivity index (χ3v) is 4.59. The van der Waals surface area contributed by atoms with Gasteiger partial charge in [0, 0.05) is 5.69 Å². The van der Waals surface area contributed by atoms with Crippen LogP contribution in [0.15, 0.2) is 54.6 Å². The first-order valence-electron chi connectivity index (χ1n) is 8.94. The number of carbonyl (C=O) groups excluding carboxylic acids is 1. The first kappa shape index (κ1) is 17.6. The summed E-state index contributed by atoms with van der Waals surface area (Å²) in [6, 6.07) is 16.9. The number of rotatable bonds is 7. The number of aliphatic hydroxyl groups is 1. The monoisotopic (exact) mass is 339 g/mol. The molecule has 1 unspecified atom stereocenters. The van der Waals surface area contributed by atoms with Crippen LogP contribution in [0.1, 0.15) is 49.3 Å². The molecule has 0 spiro atoms. The van der Waals surface area contributed by atoms with Gasteiger partial charge in [-0.05, 0) is 36.1 Å². The average molecular weight is 339 g/mol. The molecule has 2 aromatic rings. The highest BCUT2D eigenvalue weighted by atomic mass is 16.5. The lowest BCUT2D eigenvalue weighted by molar-refractivity contribution is -0.118. The summed E-state index contributed by atoms with van der Waals surface area (Å²) in [6.45, 7) is 0.617. The smallest absolute Gasteiger partial charge is 0.227 e. The van der Waals surface area contributed by atoms with Gasteiger partial charge in [0.2, 0.25) is 5.91 Å². The lowest BCUT2D eigenvalue weighted by Gasteiger charge is -2.13. The van der Waals surface area contributed by atoms with Gasteiger partial charge >= 0.3 is 0 Å². The Bertz CT molecular complexity index is 663. The SMILES string of the molecule is O=C(CC(O)c1ccccc1)Nc1ccc(COC2CCCC2)cc1. The van der Waals surface area contributed by atoms with Crippen molar-refractivity contribution in [2.45, 2.75) is 50.9 Å². The van der Waals surface area contributed by atoms with Gasteiger partial charge in [0.25, 0.3) is 0 Å². The summed E-state index contributed by atoms with van der Waals surface area (Å²) in [6.07, 6.45) is 4.51. The predicted octanol–water partition coefficient (Wildman–Crippen LogP) is 4.21. The lowest BCUT2D eigenvalue weighted by atomic mass is 10.1. The predicted molar refractivity (Wildman–Crippen MR) is 98.1 cm³/mol. The second kappa shape index (κ2) is 8.79. The molecule has 4 nitrogen and oxygen atoms in total. The van der Waals surface area contributed by atoms with E-state index in [1.165, 1.54) is 12.8 Å². The minimum absolute atomic E-state index is 0.0382. The second-order valence-corrected chi connectivity index (χ2v) is 6.59. The number of carbonyl (C=O) groups is 1. The Hall–Kier alpha value is -2.17. The average Bonchev–Trinajstić information content (AvgIpc) is 3.15. The summed E-state index contributed by atoms with van der Waals surface area (Å²) < 4.78 is 5.89. The van der Waals surface area contributed by atoms with Crippen molar-refractivity contribution in [3.8, 4) is 0 Å². The van der Waals surface area contributed by atoms with Crippen LogP contribution in [-0.2, 0) is 16.1 Å². The van der Waals surface area contributed by atoms with Gasteiger partial charge in [0.15, 0.2) is 0 Å². The molecule has 1 atom stereocenters. The van der Waals surface area contributed by atoms with E-state index in [0.717, 1.165) is 29.7 Å². The molecule has 0 radical (unpaired) electrons. The molecule has 1 fully saturated rings.